The molecule has 0 aromatic carbocycles. The zero-order valence-electron chi connectivity index (χ0n) is 12.2. The number of rotatable bonds is 6. The highest BCUT2D eigenvalue weighted by atomic mass is 16.5. The third-order valence-corrected chi connectivity index (χ3v) is 3.95. The molecule has 1 amide bonds. The lowest BCUT2D eigenvalue weighted by atomic mass is 9.80. The Bertz CT molecular complexity index is 309. The molecule has 0 bridgehead atoms. The maximum Gasteiger partial charge on any atom is 0.240 e. The van der Waals surface area contributed by atoms with Crippen molar-refractivity contribution in [3.63, 3.8) is 0 Å². The minimum atomic E-state index is -0.809. The molecule has 1 N–H and O–H groups in total. The molecule has 0 aliphatic heterocycles. The highest BCUT2D eigenvalue weighted by molar-refractivity contribution is 5.85. The summed E-state index contributed by atoms with van der Waals surface area (Å²) in [5.74, 6) is -0.0904. The van der Waals surface area contributed by atoms with Gasteiger partial charge in [0.1, 0.15) is 5.41 Å². The van der Waals surface area contributed by atoms with Gasteiger partial charge in [0.05, 0.1) is 18.7 Å². The fraction of sp³-hybridized carbons (Fsp3) is 0.867. The Labute approximate surface area is 116 Å². The number of hydrogen-bond donors (Lipinski definition) is 1. The molecule has 1 rings (SSSR count). The third-order valence-electron chi connectivity index (χ3n) is 3.95. The second-order valence-electron chi connectivity index (χ2n) is 5.52. The van der Waals surface area contributed by atoms with Gasteiger partial charge in [-0.1, -0.05) is 39.0 Å². The first-order valence-electron chi connectivity index (χ1n) is 7.39. The van der Waals surface area contributed by atoms with Crippen LogP contribution in [0.2, 0.25) is 0 Å². The molecular weight excluding hydrogens is 240 g/mol. The van der Waals surface area contributed by atoms with Crippen LogP contribution in [0.5, 0.6) is 0 Å². The van der Waals surface area contributed by atoms with Crippen LogP contribution in [0.4, 0.5) is 0 Å². The summed E-state index contributed by atoms with van der Waals surface area (Å²) in [5.41, 5.74) is -0.809. The lowest BCUT2D eigenvalue weighted by Gasteiger charge is -2.27. The molecule has 1 saturated carbocycles. The van der Waals surface area contributed by atoms with Crippen molar-refractivity contribution in [2.45, 2.75) is 64.3 Å². The van der Waals surface area contributed by atoms with Gasteiger partial charge in [0.2, 0.25) is 5.91 Å². The van der Waals surface area contributed by atoms with Gasteiger partial charge in [-0.2, -0.15) is 5.26 Å². The van der Waals surface area contributed by atoms with E-state index in [0.29, 0.717) is 19.4 Å². The highest BCUT2D eigenvalue weighted by Gasteiger charge is 2.39. The molecule has 1 aliphatic carbocycles. The number of hydrogen-bond acceptors (Lipinski definition) is 3. The zero-order chi connectivity index (χ0) is 14.1. The van der Waals surface area contributed by atoms with Gasteiger partial charge >= 0.3 is 0 Å². The van der Waals surface area contributed by atoms with Gasteiger partial charge in [-0.3, -0.25) is 4.79 Å². The van der Waals surface area contributed by atoms with E-state index in [1.165, 1.54) is 0 Å². The Morgan fingerprint density at radius 1 is 1.37 bits per heavy atom. The predicted molar refractivity (Wildman–Crippen MR) is 74.5 cm³/mol. The number of nitrogens with one attached hydrogen (secondary N) is 1. The Kier molecular flexibility index (Phi) is 6.86. The van der Waals surface area contributed by atoms with E-state index in [2.05, 4.69) is 18.3 Å². The molecule has 1 atom stereocenters. The number of carbonyl (C=O) groups excluding carboxylic acids is 1. The van der Waals surface area contributed by atoms with E-state index in [1.807, 2.05) is 0 Å². The van der Waals surface area contributed by atoms with Gasteiger partial charge in [-0.25, -0.2) is 0 Å². The summed E-state index contributed by atoms with van der Waals surface area (Å²) >= 11 is 0. The first kappa shape index (κ1) is 16.0. The van der Waals surface area contributed by atoms with Crippen molar-refractivity contribution in [3.8, 4) is 6.07 Å². The summed E-state index contributed by atoms with van der Waals surface area (Å²) in [4.78, 5) is 12.5. The molecule has 19 heavy (non-hydrogen) atoms. The summed E-state index contributed by atoms with van der Waals surface area (Å²) in [5, 5.41) is 12.5. The van der Waals surface area contributed by atoms with E-state index < -0.39 is 5.41 Å². The zero-order valence-corrected chi connectivity index (χ0v) is 12.2. The van der Waals surface area contributed by atoms with E-state index in [9.17, 15) is 10.1 Å². The molecule has 0 aromatic heterocycles. The second kappa shape index (κ2) is 8.16. The van der Waals surface area contributed by atoms with Gasteiger partial charge in [0.25, 0.3) is 0 Å². The van der Waals surface area contributed by atoms with Crippen LogP contribution in [-0.4, -0.2) is 25.7 Å². The van der Waals surface area contributed by atoms with Crippen LogP contribution in [-0.2, 0) is 9.53 Å². The minimum Gasteiger partial charge on any atom is -0.383 e. The molecule has 1 aliphatic rings. The Balaban J connectivity index is 2.68. The van der Waals surface area contributed by atoms with Crippen molar-refractivity contribution in [1.82, 2.24) is 5.32 Å². The number of methoxy groups -OCH3 is 1. The van der Waals surface area contributed by atoms with Crippen molar-refractivity contribution < 1.29 is 9.53 Å². The van der Waals surface area contributed by atoms with Crippen LogP contribution in [0.25, 0.3) is 0 Å². The van der Waals surface area contributed by atoms with E-state index >= 15 is 0 Å². The molecule has 0 spiro atoms. The smallest absolute Gasteiger partial charge is 0.240 e. The summed E-state index contributed by atoms with van der Waals surface area (Å²) in [6.07, 6.45) is 7.49. The second-order valence-corrected chi connectivity index (χ2v) is 5.52. The average molecular weight is 266 g/mol. The molecule has 1 fully saturated rings. The third kappa shape index (κ3) is 4.50. The quantitative estimate of drug-likeness (QED) is 0.752. The fourth-order valence-corrected chi connectivity index (χ4v) is 2.79. The van der Waals surface area contributed by atoms with Crippen LogP contribution in [0.1, 0.15) is 58.3 Å². The van der Waals surface area contributed by atoms with Gasteiger partial charge in [0, 0.05) is 7.11 Å². The summed E-state index contributed by atoms with van der Waals surface area (Å²) in [6, 6.07) is 2.32. The topological polar surface area (TPSA) is 62.1 Å². The lowest BCUT2D eigenvalue weighted by Crippen LogP contribution is -2.46. The molecule has 0 heterocycles. The van der Waals surface area contributed by atoms with E-state index in [1.54, 1.807) is 7.11 Å². The molecule has 0 aromatic rings. The normalized spacial score (nSPS) is 20.1. The van der Waals surface area contributed by atoms with Gasteiger partial charge in [0.15, 0.2) is 0 Å². The van der Waals surface area contributed by atoms with Crippen molar-refractivity contribution in [2.24, 2.45) is 5.41 Å². The molecule has 108 valence electrons. The number of nitriles is 1. The molecule has 0 saturated heterocycles. The molecule has 0 radical (unpaired) electrons. The van der Waals surface area contributed by atoms with Crippen LogP contribution in [0, 0.1) is 16.7 Å². The van der Waals surface area contributed by atoms with Gasteiger partial charge < -0.3 is 10.1 Å². The van der Waals surface area contributed by atoms with Crippen molar-refractivity contribution in [1.29, 1.82) is 5.26 Å². The number of amides is 1. The molecular formula is C15H26N2O2. The summed E-state index contributed by atoms with van der Waals surface area (Å²) < 4.78 is 5.14. The van der Waals surface area contributed by atoms with Gasteiger partial charge in [-0.15, -0.1) is 0 Å². The van der Waals surface area contributed by atoms with Crippen molar-refractivity contribution in [3.05, 3.63) is 0 Å². The Morgan fingerprint density at radius 2 is 2.00 bits per heavy atom. The predicted octanol–water partition coefficient (Wildman–Crippen LogP) is 2.78. The van der Waals surface area contributed by atoms with Crippen molar-refractivity contribution >= 4 is 5.91 Å². The maximum absolute atomic E-state index is 12.5. The monoisotopic (exact) mass is 266 g/mol. The average Bonchev–Trinajstić information content (AvgIpc) is 2.65. The highest BCUT2D eigenvalue weighted by Crippen LogP contribution is 2.34. The standard InChI is InChI=1S/C15H26N2O2/c1-3-8-13(11-19-2)17-14(18)15(12-16)9-6-4-5-7-10-15/h13H,3-11H2,1-2H3,(H,17,18). The van der Waals surface area contributed by atoms with E-state index in [-0.39, 0.29) is 11.9 Å². The fourth-order valence-electron chi connectivity index (χ4n) is 2.79. The molecule has 4 heteroatoms. The molecule has 4 nitrogen and oxygen atoms in total. The minimum absolute atomic E-state index is 0.0241. The SMILES string of the molecule is CCCC(COC)NC(=O)C1(C#N)CCCCCC1. The molecule has 1 unspecified atom stereocenters. The van der Waals surface area contributed by atoms with Crippen LogP contribution < -0.4 is 5.32 Å². The maximum atomic E-state index is 12.5. The lowest BCUT2D eigenvalue weighted by molar-refractivity contribution is -0.130. The summed E-state index contributed by atoms with van der Waals surface area (Å²) in [7, 11) is 1.64. The van der Waals surface area contributed by atoms with Crippen LogP contribution in [0.15, 0.2) is 0 Å². The Morgan fingerprint density at radius 3 is 2.47 bits per heavy atom. The summed E-state index contributed by atoms with van der Waals surface area (Å²) in [6.45, 7) is 2.60. The van der Waals surface area contributed by atoms with Crippen LogP contribution in [0.3, 0.4) is 0 Å². The van der Waals surface area contributed by atoms with E-state index in [4.69, 9.17) is 4.74 Å². The first-order chi connectivity index (χ1) is 9.18. The number of carbonyl (C=O) groups is 1. The van der Waals surface area contributed by atoms with E-state index in [0.717, 1.165) is 38.5 Å². The first-order valence-corrected chi connectivity index (χ1v) is 7.39. The number of ether oxygens (including phenoxy) is 1. The largest absolute Gasteiger partial charge is 0.383 e. The van der Waals surface area contributed by atoms with Crippen molar-refractivity contribution in [2.75, 3.05) is 13.7 Å². The Hall–Kier alpha value is -1.08. The van der Waals surface area contributed by atoms with Crippen LogP contribution >= 0.6 is 0 Å². The van der Waals surface area contributed by atoms with Gasteiger partial charge in [-0.05, 0) is 19.3 Å². The number of nitrogens with zero attached hydrogens (tertiary/aromatic N) is 1.